The fourth-order valence-corrected chi connectivity index (χ4v) is 7.82. The summed E-state index contributed by atoms with van der Waals surface area (Å²) in [6, 6.07) is 16.3. The number of pyridine rings is 1. The Hall–Kier alpha value is -3.70. The van der Waals surface area contributed by atoms with E-state index in [4.69, 9.17) is 5.73 Å². The van der Waals surface area contributed by atoms with Gasteiger partial charge in [-0.05, 0) is 48.7 Å². The van der Waals surface area contributed by atoms with Gasteiger partial charge >= 0.3 is 0 Å². The molecule has 0 amide bonds. The van der Waals surface area contributed by atoms with E-state index in [9.17, 15) is 17.6 Å². The fraction of sp³-hybridized carbons (Fsp3) is 0.321. The van der Waals surface area contributed by atoms with Gasteiger partial charge in [0.15, 0.2) is 5.78 Å². The maximum Gasteiger partial charge on any atom is 0.247 e. The number of rotatable bonds is 6. The lowest BCUT2D eigenvalue weighted by Crippen LogP contribution is -2.66. The first-order valence-electron chi connectivity index (χ1n) is 12.5. The predicted molar refractivity (Wildman–Crippen MR) is 143 cm³/mol. The van der Waals surface area contributed by atoms with Gasteiger partial charge in [-0.25, -0.2) is 26.5 Å². The molecule has 2 aliphatic rings. The van der Waals surface area contributed by atoms with E-state index in [2.05, 4.69) is 9.98 Å². The smallest absolute Gasteiger partial charge is 0.247 e. The fourth-order valence-electron chi connectivity index (χ4n) is 5.66. The number of hydrogen-bond acceptors (Lipinski definition) is 7. The molecular weight excluding hydrogens is 524 g/mol. The van der Waals surface area contributed by atoms with Crippen LogP contribution in [0.2, 0.25) is 0 Å². The van der Waals surface area contributed by atoms with Crippen LogP contribution in [-0.2, 0) is 28.5 Å². The average Bonchev–Trinajstić information content (AvgIpc) is 3.35. The largest absolute Gasteiger partial charge is 0.369 e. The highest BCUT2D eigenvalue weighted by Gasteiger charge is 2.66. The number of halogens is 2. The van der Waals surface area contributed by atoms with Gasteiger partial charge in [0.2, 0.25) is 16.0 Å². The summed E-state index contributed by atoms with van der Waals surface area (Å²) in [4.78, 5) is 23.3. The summed E-state index contributed by atoms with van der Waals surface area (Å²) in [6.45, 7) is 2.70. The summed E-state index contributed by atoms with van der Waals surface area (Å²) in [5.74, 6) is -1.83. The number of sulfonamides is 1. The third-order valence-corrected chi connectivity index (χ3v) is 10.5. The standard InChI is InChI=1S/C28H29F2N5O3S/c1-27(22-14-20(8-10-23(22)30)15-25(36)24-11-9-21(29)16-32-24)28(39(37,38)34(2)26(31)33-27)12-13-35(18-28)17-19-6-4-3-5-7-19/h3-11,14,16H,12-13,15,17-18H2,1-2H3,(H2,31,33)/t27-,28+/m1/s1. The van der Waals surface area contributed by atoms with Crippen molar-refractivity contribution in [3.63, 3.8) is 0 Å². The van der Waals surface area contributed by atoms with Crippen molar-refractivity contribution in [2.75, 3.05) is 20.1 Å². The van der Waals surface area contributed by atoms with Crippen LogP contribution in [0.5, 0.6) is 0 Å². The molecule has 8 nitrogen and oxygen atoms in total. The van der Waals surface area contributed by atoms with Gasteiger partial charge in [-0.15, -0.1) is 0 Å². The number of nitrogens with two attached hydrogens (primary N) is 1. The number of nitrogens with zero attached hydrogens (tertiary/aromatic N) is 4. The highest BCUT2D eigenvalue weighted by atomic mass is 32.2. The van der Waals surface area contributed by atoms with Crippen LogP contribution < -0.4 is 5.73 Å². The van der Waals surface area contributed by atoms with E-state index in [-0.39, 0.29) is 42.4 Å². The van der Waals surface area contributed by atoms with Crippen LogP contribution in [0.3, 0.4) is 0 Å². The van der Waals surface area contributed by atoms with Crippen LogP contribution >= 0.6 is 0 Å². The number of carbonyl (C=O) groups is 1. The van der Waals surface area contributed by atoms with E-state index >= 15 is 4.39 Å². The number of likely N-dealkylation sites (tertiary alicyclic amines) is 1. The Morgan fingerprint density at radius 2 is 1.82 bits per heavy atom. The molecule has 1 aromatic heterocycles. The third-order valence-electron chi connectivity index (χ3n) is 7.90. The lowest BCUT2D eigenvalue weighted by atomic mass is 9.77. The number of guanidine groups is 1. The van der Waals surface area contributed by atoms with E-state index in [1.807, 2.05) is 35.2 Å². The molecule has 0 radical (unpaired) electrons. The Labute approximate surface area is 226 Å². The highest BCUT2D eigenvalue weighted by molar-refractivity contribution is 7.91. The molecule has 3 heterocycles. The molecule has 11 heteroatoms. The molecule has 2 aromatic carbocycles. The lowest BCUT2D eigenvalue weighted by molar-refractivity contribution is 0.0988. The summed E-state index contributed by atoms with van der Waals surface area (Å²) in [6.07, 6.45) is 1.03. The van der Waals surface area contributed by atoms with Gasteiger partial charge in [-0.3, -0.25) is 14.7 Å². The minimum Gasteiger partial charge on any atom is -0.369 e. The molecule has 0 saturated carbocycles. The first kappa shape index (κ1) is 26.9. The second-order valence-corrected chi connectivity index (χ2v) is 12.5. The van der Waals surface area contributed by atoms with Crippen molar-refractivity contribution in [1.82, 2.24) is 14.2 Å². The quantitative estimate of drug-likeness (QED) is 0.470. The van der Waals surface area contributed by atoms with Crippen LogP contribution in [0.15, 0.2) is 71.9 Å². The minimum absolute atomic E-state index is 0.0426. The highest BCUT2D eigenvalue weighted by Crippen LogP contribution is 2.51. The number of benzene rings is 2. The van der Waals surface area contributed by atoms with Crippen molar-refractivity contribution >= 4 is 21.8 Å². The zero-order valence-electron chi connectivity index (χ0n) is 21.6. The second kappa shape index (κ2) is 9.80. The molecule has 2 atom stereocenters. The number of carbonyl (C=O) groups excluding carboxylic acids is 1. The molecule has 2 aliphatic heterocycles. The van der Waals surface area contributed by atoms with Crippen LogP contribution in [0.1, 0.15) is 40.5 Å². The Bertz CT molecular complexity index is 1550. The van der Waals surface area contributed by atoms with E-state index in [0.29, 0.717) is 18.7 Å². The van der Waals surface area contributed by atoms with Crippen LogP contribution in [-0.4, -0.2) is 59.2 Å². The molecule has 1 fully saturated rings. The average molecular weight is 554 g/mol. The number of aromatic nitrogens is 1. The van der Waals surface area contributed by atoms with Gasteiger partial charge in [0.1, 0.15) is 27.6 Å². The topological polar surface area (TPSA) is 109 Å². The molecule has 1 saturated heterocycles. The van der Waals surface area contributed by atoms with Crippen molar-refractivity contribution < 1.29 is 22.0 Å². The zero-order valence-corrected chi connectivity index (χ0v) is 22.5. The Kier molecular flexibility index (Phi) is 6.76. The van der Waals surface area contributed by atoms with Gasteiger partial charge in [0.25, 0.3) is 0 Å². The van der Waals surface area contributed by atoms with E-state index in [1.165, 1.54) is 31.3 Å². The van der Waals surface area contributed by atoms with Crippen molar-refractivity contribution in [2.24, 2.45) is 10.7 Å². The molecule has 5 rings (SSSR count). The molecule has 3 aromatic rings. The molecule has 39 heavy (non-hydrogen) atoms. The molecule has 2 N–H and O–H groups in total. The Balaban J connectivity index is 1.55. The third kappa shape index (κ3) is 4.49. The summed E-state index contributed by atoms with van der Waals surface area (Å²) in [5, 5.41) is 0. The number of ketones is 1. The van der Waals surface area contributed by atoms with E-state index < -0.39 is 31.9 Å². The first-order chi connectivity index (χ1) is 18.5. The van der Waals surface area contributed by atoms with Crippen molar-refractivity contribution in [3.05, 3.63) is 101 Å². The van der Waals surface area contributed by atoms with Gasteiger partial charge in [-0.2, -0.15) is 0 Å². The first-order valence-corrected chi connectivity index (χ1v) is 13.9. The van der Waals surface area contributed by atoms with Gasteiger partial charge in [0, 0.05) is 38.7 Å². The second-order valence-electron chi connectivity index (χ2n) is 10.2. The lowest BCUT2D eigenvalue weighted by Gasteiger charge is -2.48. The summed E-state index contributed by atoms with van der Waals surface area (Å²) >= 11 is 0. The Morgan fingerprint density at radius 1 is 1.08 bits per heavy atom. The molecular formula is C28H29F2N5O3S. The van der Waals surface area contributed by atoms with Crippen LogP contribution in [0.4, 0.5) is 8.78 Å². The molecule has 0 aliphatic carbocycles. The predicted octanol–water partition coefficient (Wildman–Crippen LogP) is 3.24. The Morgan fingerprint density at radius 3 is 2.51 bits per heavy atom. The van der Waals surface area contributed by atoms with Crippen molar-refractivity contribution in [2.45, 2.75) is 36.6 Å². The van der Waals surface area contributed by atoms with Crippen molar-refractivity contribution in [3.8, 4) is 0 Å². The number of hydrogen-bond donors (Lipinski definition) is 1. The molecule has 204 valence electrons. The minimum atomic E-state index is -4.07. The summed E-state index contributed by atoms with van der Waals surface area (Å²) in [7, 11) is -2.72. The van der Waals surface area contributed by atoms with Gasteiger partial charge in [0.05, 0.1) is 6.20 Å². The van der Waals surface area contributed by atoms with Gasteiger partial charge < -0.3 is 5.73 Å². The number of aliphatic imine (C=N–C) groups is 1. The van der Waals surface area contributed by atoms with Crippen molar-refractivity contribution in [1.29, 1.82) is 0 Å². The SMILES string of the molecule is CN1C(N)=N[C@](C)(c2cc(CC(=O)c3ccc(F)cn3)ccc2F)[C@@]2(CCN(Cc3ccccc3)C2)S1(=O)=O. The van der Waals surface area contributed by atoms with Crippen LogP contribution in [0.25, 0.3) is 0 Å². The number of Topliss-reactive ketones (excluding diaryl/α,β-unsaturated/α-hetero) is 1. The maximum absolute atomic E-state index is 15.6. The summed E-state index contributed by atoms with van der Waals surface area (Å²) in [5.41, 5.74) is 6.11. The van der Waals surface area contributed by atoms with E-state index in [1.54, 1.807) is 6.92 Å². The summed E-state index contributed by atoms with van der Waals surface area (Å²) < 4.78 is 56.4. The van der Waals surface area contributed by atoms with Gasteiger partial charge in [-0.1, -0.05) is 36.4 Å². The monoisotopic (exact) mass is 553 g/mol. The zero-order chi connectivity index (χ0) is 28.0. The molecule has 0 unspecified atom stereocenters. The maximum atomic E-state index is 15.6. The normalized spacial score (nSPS) is 24.6. The molecule has 0 bridgehead atoms. The van der Waals surface area contributed by atoms with E-state index in [0.717, 1.165) is 22.1 Å². The molecule has 1 spiro atoms. The van der Waals surface area contributed by atoms with Crippen LogP contribution in [0, 0.1) is 11.6 Å².